The van der Waals surface area contributed by atoms with Gasteiger partial charge in [0.05, 0.1) is 18.2 Å². The Bertz CT molecular complexity index is 857. The highest BCUT2D eigenvalue weighted by atomic mass is 19.1. The fraction of sp³-hybridized carbons (Fsp3) is 0.300. The van der Waals surface area contributed by atoms with Crippen molar-refractivity contribution in [1.29, 1.82) is 0 Å². The molecule has 0 aromatic heterocycles. The van der Waals surface area contributed by atoms with Crippen molar-refractivity contribution >= 4 is 17.5 Å². The molecule has 3 rings (SSSR count). The highest BCUT2D eigenvalue weighted by Crippen LogP contribution is 2.28. The van der Waals surface area contributed by atoms with Crippen LogP contribution in [0.5, 0.6) is 5.75 Å². The third-order valence-corrected chi connectivity index (χ3v) is 4.36. The number of halogens is 2. The van der Waals surface area contributed by atoms with Crippen LogP contribution >= 0.6 is 0 Å². The van der Waals surface area contributed by atoms with E-state index in [0.717, 1.165) is 5.56 Å². The zero-order valence-corrected chi connectivity index (χ0v) is 14.9. The zero-order valence-electron chi connectivity index (χ0n) is 14.9. The van der Waals surface area contributed by atoms with E-state index in [1.165, 1.54) is 29.2 Å². The molecule has 1 heterocycles. The predicted molar refractivity (Wildman–Crippen MR) is 96.5 cm³/mol. The van der Waals surface area contributed by atoms with Crippen LogP contribution in [0.1, 0.15) is 12.0 Å². The molecule has 7 heteroatoms. The number of nitrogens with zero attached hydrogens (tertiary/aromatic N) is 1. The number of hydrogen-bond donors (Lipinski definition) is 1. The Morgan fingerprint density at radius 2 is 2.07 bits per heavy atom. The summed E-state index contributed by atoms with van der Waals surface area (Å²) in [5.41, 5.74) is 0.950. The Kier molecular flexibility index (Phi) is 5.69. The number of carbonyl (C=O) groups is 2. The third kappa shape index (κ3) is 4.61. The molecule has 1 fully saturated rings. The van der Waals surface area contributed by atoms with Gasteiger partial charge in [-0.05, 0) is 36.8 Å². The zero-order chi connectivity index (χ0) is 19.4. The molecule has 1 aliphatic heterocycles. The van der Waals surface area contributed by atoms with Crippen LogP contribution in [-0.2, 0) is 9.59 Å². The average molecular weight is 374 g/mol. The van der Waals surface area contributed by atoms with Crippen LogP contribution in [0.3, 0.4) is 0 Å². The van der Waals surface area contributed by atoms with E-state index in [1.807, 2.05) is 0 Å². The molecule has 2 amide bonds. The third-order valence-electron chi connectivity index (χ3n) is 4.36. The van der Waals surface area contributed by atoms with Crippen molar-refractivity contribution in [3.63, 3.8) is 0 Å². The monoisotopic (exact) mass is 374 g/mol. The lowest BCUT2D eigenvalue weighted by atomic mass is 10.1. The fourth-order valence-corrected chi connectivity index (χ4v) is 2.99. The lowest BCUT2D eigenvalue weighted by Gasteiger charge is -2.18. The van der Waals surface area contributed by atoms with E-state index in [0.29, 0.717) is 5.75 Å². The SMILES string of the molecule is Cc1ccc(N2CC(C(=O)NCCOc3cccc(F)c3)CC2=O)c(F)c1. The number of rotatable bonds is 6. The number of benzene rings is 2. The Balaban J connectivity index is 1.50. The van der Waals surface area contributed by atoms with Crippen LogP contribution in [0.25, 0.3) is 0 Å². The minimum Gasteiger partial charge on any atom is -0.492 e. The first kappa shape index (κ1) is 18.8. The molecule has 0 spiro atoms. The number of aryl methyl sites for hydroxylation is 1. The van der Waals surface area contributed by atoms with E-state index in [4.69, 9.17) is 4.74 Å². The normalized spacial score (nSPS) is 16.5. The van der Waals surface area contributed by atoms with Gasteiger partial charge < -0.3 is 15.0 Å². The Labute approximate surface area is 155 Å². The van der Waals surface area contributed by atoms with E-state index in [1.54, 1.807) is 25.1 Å². The van der Waals surface area contributed by atoms with Gasteiger partial charge in [0.15, 0.2) is 0 Å². The summed E-state index contributed by atoms with van der Waals surface area (Å²) in [7, 11) is 0. The first-order chi connectivity index (χ1) is 12.9. The van der Waals surface area contributed by atoms with Gasteiger partial charge >= 0.3 is 0 Å². The quantitative estimate of drug-likeness (QED) is 0.791. The fourth-order valence-electron chi connectivity index (χ4n) is 2.99. The molecule has 1 aliphatic rings. The van der Waals surface area contributed by atoms with Gasteiger partial charge in [0.2, 0.25) is 11.8 Å². The highest BCUT2D eigenvalue weighted by molar-refractivity contribution is 6.00. The number of hydrogen-bond acceptors (Lipinski definition) is 3. The number of amides is 2. The van der Waals surface area contributed by atoms with Crippen molar-refractivity contribution in [3.8, 4) is 5.75 Å². The largest absolute Gasteiger partial charge is 0.492 e. The maximum Gasteiger partial charge on any atom is 0.227 e. The van der Waals surface area contributed by atoms with Crippen molar-refractivity contribution in [3.05, 3.63) is 59.7 Å². The highest BCUT2D eigenvalue weighted by Gasteiger charge is 2.36. The van der Waals surface area contributed by atoms with Gasteiger partial charge in [-0.1, -0.05) is 12.1 Å². The molecular weight excluding hydrogens is 354 g/mol. The molecule has 0 bridgehead atoms. The van der Waals surface area contributed by atoms with Crippen molar-refractivity contribution in [2.24, 2.45) is 5.92 Å². The van der Waals surface area contributed by atoms with Gasteiger partial charge in [0, 0.05) is 19.0 Å². The maximum atomic E-state index is 14.1. The summed E-state index contributed by atoms with van der Waals surface area (Å²) in [5.74, 6) is -1.62. The maximum absolute atomic E-state index is 14.1. The summed E-state index contributed by atoms with van der Waals surface area (Å²) in [6.07, 6.45) is 0.0317. The number of anilines is 1. The average Bonchev–Trinajstić information content (AvgIpc) is 3.00. The summed E-state index contributed by atoms with van der Waals surface area (Å²) in [5, 5.41) is 2.70. The van der Waals surface area contributed by atoms with Crippen LogP contribution in [-0.4, -0.2) is 31.5 Å². The van der Waals surface area contributed by atoms with Crippen molar-refractivity contribution in [1.82, 2.24) is 5.32 Å². The number of ether oxygens (including phenoxy) is 1. The molecule has 1 saturated heterocycles. The van der Waals surface area contributed by atoms with Crippen molar-refractivity contribution < 1.29 is 23.1 Å². The van der Waals surface area contributed by atoms with E-state index in [2.05, 4.69) is 5.32 Å². The van der Waals surface area contributed by atoms with E-state index in [-0.39, 0.29) is 43.6 Å². The molecule has 0 aliphatic carbocycles. The minimum absolute atomic E-state index is 0.0317. The summed E-state index contributed by atoms with van der Waals surface area (Å²) < 4.78 is 32.5. The Morgan fingerprint density at radius 1 is 1.26 bits per heavy atom. The van der Waals surface area contributed by atoms with Gasteiger partial charge in [0.1, 0.15) is 24.0 Å². The van der Waals surface area contributed by atoms with Crippen molar-refractivity contribution in [2.75, 3.05) is 24.6 Å². The predicted octanol–water partition coefficient (Wildman–Crippen LogP) is 2.82. The smallest absolute Gasteiger partial charge is 0.227 e. The van der Waals surface area contributed by atoms with Crippen LogP contribution in [0.4, 0.5) is 14.5 Å². The van der Waals surface area contributed by atoms with Crippen LogP contribution in [0.15, 0.2) is 42.5 Å². The second-order valence-electron chi connectivity index (χ2n) is 6.46. The summed E-state index contributed by atoms with van der Waals surface area (Å²) in [6.45, 7) is 2.29. The van der Waals surface area contributed by atoms with E-state index in [9.17, 15) is 18.4 Å². The molecule has 0 saturated carbocycles. The molecule has 142 valence electrons. The second kappa shape index (κ2) is 8.16. The van der Waals surface area contributed by atoms with Crippen molar-refractivity contribution in [2.45, 2.75) is 13.3 Å². The standard InChI is InChI=1S/C20H20F2N2O3/c1-13-5-6-18(17(22)9-13)24-12-14(10-19(24)25)20(26)23-7-8-27-16-4-2-3-15(21)11-16/h2-6,9,11,14H,7-8,10,12H2,1H3,(H,23,26). The first-order valence-electron chi connectivity index (χ1n) is 8.66. The second-order valence-corrected chi connectivity index (χ2v) is 6.46. The summed E-state index contributed by atoms with van der Waals surface area (Å²) in [6, 6.07) is 10.4. The summed E-state index contributed by atoms with van der Waals surface area (Å²) >= 11 is 0. The molecule has 0 radical (unpaired) electrons. The molecule has 2 aromatic carbocycles. The van der Waals surface area contributed by atoms with Gasteiger partial charge in [-0.25, -0.2) is 8.78 Å². The molecule has 1 N–H and O–H groups in total. The minimum atomic E-state index is -0.549. The molecule has 1 atom stereocenters. The van der Waals surface area contributed by atoms with Crippen LogP contribution < -0.4 is 15.0 Å². The van der Waals surface area contributed by atoms with Gasteiger partial charge in [-0.2, -0.15) is 0 Å². The Hall–Kier alpha value is -2.96. The first-order valence-corrected chi connectivity index (χ1v) is 8.66. The van der Waals surface area contributed by atoms with Crippen LogP contribution in [0, 0.1) is 24.5 Å². The molecule has 5 nitrogen and oxygen atoms in total. The van der Waals surface area contributed by atoms with Crippen LogP contribution in [0.2, 0.25) is 0 Å². The van der Waals surface area contributed by atoms with Gasteiger partial charge in [-0.3, -0.25) is 9.59 Å². The molecule has 1 unspecified atom stereocenters. The molecule has 2 aromatic rings. The lowest BCUT2D eigenvalue weighted by molar-refractivity contribution is -0.126. The lowest BCUT2D eigenvalue weighted by Crippen LogP contribution is -2.35. The van der Waals surface area contributed by atoms with E-state index >= 15 is 0 Å². The number of carbonyl (C=O) groups excluding carboxylic acids is 2. The van der Waals surface area contributed by atoms with E-state index < -0.39 is 17.6 Å². The molecular formula is C20H20F2N2O3. The van der Waals surface area contributed by atoms with Gasteiger partial charge in [0.25, 0.3) is 0 Å². The summed E-state index contributed by atoms with van der Waals surface area (Å²) in [4.78, 5) is 25.8. The van der Waals surface area contributed by atoms with Gasteiger partial charge in [-0.15, -0.1) is 0 Å². The topological polar surface area (TPSA) is 58.6 Å². The number of nitrogens with one attached hydrogen (secondary N) is 1. The Morgan fingerprint density at radius 3 is 2.81 bits per heavy atom. The molecule has 27 heavy (non-hydrogen) atoms.